The minimum absolute atomic E-state index is 0.160. The van der Waals surface area contributed by atoms with Gasteiger partial charge in [0, 0.05) is 17.2 Å². The Bertz CT molecular complexity index is 569. The summed E-state index contributed by atoms with van der Waals surface area (Å²) in [4.78, 5) is 0.986. The van der Waals surface area contributed by atoms with Gasteiger partial charge in [-0.05, 0) is 42.8 Å². The third-order valence-corrected chi connectivity index (χ3v) is 4.04. The van der Waals surface area contributed by atoms with E-state index in [2.05, 4.69) is 42.6 Å². The summed E-state index contributed by atoms with van der Waals surface area (Å²) in [7, 11) is 0. The van der Waals surface area contributed by atoms with Gasteiger partial charge in [0.2, 0.25) is 0 Å². The number of rotatable bonds is 6. The van der Waals surface area contributed by atoms with Crippen LogP contribution in [0, 0.1) is 12.7 Å². The van der Waals surface area contributed by atoms with Crippen molar-refractivity contribution in [1.82, 2.24) is 5.32 Å². The van der Waals surface area contributed by atoms with Crippen molar-refractivity contribution >= 4 is 11.8 Å². The Morgan fingerprint density at radius 2 is 1.95 bits per heavy atom. The van der Waals surface area contributed by atoms with Gasteiger partial charge in [-0.3, -0.25) is 0 Å². The molecule has 3 heteroatoms. The first-order valence-electron chi connectivity index (χ1n) is 6.86. The average molecular weight is 289 g/mol. The first-order valence-corrected chi connectivity index (χ1v) is 7.84. The predicted molar refractivity (Wildman–Crippen MR) is 84.5 cm³/mol. The molecule has 0 radical (unpaired) electrons. The normalized spacial score (nSPS) is 10.8. The maximum Gasteiger partial charge on any atom is 0.124 e. The molecule has 2 aromatic carbocycles. The molecular formula is C17H20FNS. The Morgan fingerprint density at radius 1 is 1.10 bits per heavy atom. The van der Waals surface area contributed by atoms with E-state index >= 15 is 0 Å². The summed E-state index contributed by atoms with van der Waals surface area (Å²) in [5.74, 6) is 0.707. The summed E-state index contributed by atoms with van der Waals surface area (Å²) in [6.07, 6.45) is 0. The van der Waals surface area contributed by atoms with Gasteiger partial charge in [-0.1, -0.05) is 36.8 Å². The number of aryl methyl sites for hydroxylation is 1. The highest BCUT2D eigenvalue weighted by molar-refractivity contribution is 7.98. The lowest BCUT2D eigenvalue weighted by atomic mass is 10.2. The smallest absolute Gasteiger partial charge is 0.124 e. The molecule has 0 bridgehead atoms. The van der Waals surface area contributed by atoms with Crippen molar-refractivity contribution in [2.45, 2.75) is 31.0 Å². The fourth-order valence-electron chi connectivity index (χ4n) is 2.04. The molecule has 0 aliphatic heterocycles. The van der Waals surface area contributed by atoms with Crippen molar-refractivity contribution in [3.05, 3.63) is 65.0 Å². The molecule has 1 nitrogen and oxygen atoms in total. The second-order valence-electron chi connectivity index (χ2n) is 4.85. The molecule has 0 aliphatic rings. The number of thioether (sulfide) groups is 1. The first kappa shape index (κ1) is 15.1. The highest BCUT2D eigenvalue weighted by Crippen LogP contribution is 2.25. The van der Waals surface area contributed by atoms with Crippen LogP contribution in [0.5, 0.6) is 0 Å². The van der Waals surface area contributed by atoms with E-state index in [9.17, 15) is 4.39 Å². The van der Waals surface area contributed by atoms with Crippen LogP contribution in [0.25, 0.3) is 0 Å². The van der Waals surface area contributed by atoms with E-state index in [1.54, 1.807) is 23.9 Å². The Hall–Kier alpha value is -1.32. The van der Waals surface area contributed by atoms with E-state index in [0.29, 0.717) is 6.54 Å². The van der Waals surface area contributed by atoms with E-state index < -0.39 is 0 Å². The van der Waals surface area contributed by atoms with E-state index in [-0.39, 0.29) is 5.82 Å². The third kappa shape index (κ3) is 4.66. The molecule has 0 saturated heterocycles. The second kappa shape index (κ2) is 7.46. The molecule has 106 valence electrons. The van der Waals surface area contributed by atoms with Crippen LogP contribution >= 0.6 is 11.8 Å². The zero-order chi connectivity index (χ0) is 14.4. The van der Waals surface area contributed by atoms with Gasteiger partial charge < -0.3 is 5.32 Å². The number of hydrogen-bond acceptors (Lipinski definition) is 2. The molecule has 2 rings (SSSR count). The van der Waals surface area contributed by atoms with Gasteiger partial charge in [0.1, 0.15) is 5.82 Å². The topological polar surface area (TPSA) is 12.0 Å². The predicted octanol–water partition coefficient (Wildman–Crippen LogP) is 4.54. The fraction of sp³-hybridized carbons (Fsp3) is 0.294. The van der Waals surface area contributed by atoms with E-state index in [4.69, 9.17) is 0 Å². The molecular weight excluding hydrogens is 269 g/mol. The van der Waals surface area contributed by atoms with Crippen molar-refractivity contribution in [3.63, 3.8) is 0 Å². The van der Waals surface area contributed by atoms with Crippen molar-refractivity contribution in [1.29, 1.82) is 0 Å². The molecule has 0 unspecified atom stereocenters. The maximum absolute atomic E-state index is 13.6. The summed E-state index contributed by atoms with van der Waals surface area (Å²) in [6, 6.07) is 13.7. The summed E-state index contributed by atoms with van der Waals surface area (Å²) >= 11 is 1.68. The molecule has 1 N–H and O–H groups in total. The summed E-state index contributed by atoms with van der Waals surface area (Å²) in [5, 5.41) is 3.22. The van der Waals surface area contributed by atoms with Gasteiger partial charge in [0.15, 0.2) is 0 Å². The van der Waals surface area contributed by atoms with Gasteiger partial charge in [-0.15, -0.1) is 11.8 Å². The summed E-state index contributed by atoms with van der Waals surface area (Å²) in [5.41, 5.74) is 3.53. The number of halogens is 1. The molecule has 0 heterocycles. The largest absolute Gasteiger partial charge is 0.313 e. The maximum atomic E-state index is 13.6. The van der Waals surface area contributed by atoms with Crippen LogP contribution in [0.15, 0.2) is 47.4 Å². The number of benzene rings is 2. The monoisotopic (exact) mass is 289 g/mol. The van der Waals surface area contributed by atoms with Crippen LogP contribution in [-0.4, -0.2) is 6.54 Å². The van der Waals surface area contributed by atoms with E-state index in [1.807, 2.05) is 6.92 Å². The molecule has 0 fully saturated rings. The molecule has 20 heavy (non-hydrogen) atoms. The molecule has 0 spiro atoms. The Labute approximate surface area is 124 Å². The Kier molecular flexibility index (Phi) is 5.62. The lowest BCUT2D eigenvalue weighted by molar-refractivity contribution is 0.617. The van der Waals surface area contributed by atoms with Crippen molar-refractivity contribution < 1.29 is 4.39 Å². The SMILES string of the molecule is CCNCc1cc(F)cc(SCc2cccc(C)c2)c1. The van der Waals surface area contributed by atoms with Crippen molar-refractivity contribution in [2.75, 3.05) is 6.54 Å². The highest BCUT2D eigenvalue weighted by Gasteiger charge is 2.02. The molecule has 0 aliphatic carbocycles. The van der Waals surface area contributed by atoms with Gasteiger partial charge in [0.25, 0.3) is 0 Å². The van der Waals surface area contributed by atoms with Crippen LogP contribution in [0.4, 0.5) is 4.39 Å². The van der Waals surface area contributed by atoms with E-state index in [0.717, 1.165) is 22.8 Å². The van der Waals surface area contributed by atoms with Crippen LogP contribution in [-0.2, 0) is 12.3 Å². The number of nitrogens with one attached hydrogen (secondary N) is 1. The Morgan fingerprint density at radius 3 is 2.70 bits per heavy atom. The lowest BCUT2D eigenvalue weighted by Crippen LogP contribution is -2.11. The molecule has 2 aromatic rings. The van der Waals surface area contributed by atoms with Crippen LogP contribution < -0.4 is 5.32 Å². The molecule has 0 saturated carbocycles. The minimum Gasteiger partial charge on any atom is -0.313 e. The van der Waals surface area contributed by atoms with Crippen LogP contribution in [0.1, 0.15) is 23.6 Å². The Balaban J connectivity index is 2.03. The minimum atomic E-state index is -0.160. The quantitative estimate of drug-likeness (QED) is 0.784. The first-order chi connectivity index (χ1) is 9.67. The second-order valence-corrected chi connectivity index (χ2v) is 5.90. The average Bonchev–Trinajstić information content (AvgIpc) is 2.42. The molecule has 0 aromatic heterocycles. The van der Waals surface area contributed by atoms with Gasteiger partial charge in [-0.25, -0.2) is 4.39 Å². The van der Waals surface area contributed by atoms with Gasteiger partial charge in [-0.2, -0.15) is 0 Å². The summed E-state index contributed by atoms with van der Waals surface area (Å²) < 4.78 is 13.6. The molecule has 0 amide bonds. The van der Waals surface area contributed by atoms with Crippen LogP contribution in [0.2, 0.25) is 0 Å². The third-order valence-electron chi connectivity index (χ3n) is 3.00. The lowest BCUT2D eigenvalue weighted by Gasteiger charge is -2.07. The fourth-order valence-corrected chi connectivity index (χ4v) is 2.99. The van der Waals surface area contributed by atoms with Crippen molar-refractivity contribution in [2.24, 2.45) is 0 Å². The van der Waals surface area contributed by atoms with Gasteiger partial charge >= 0.3 is 0 Å². The highest BCUT2D eigenvalue weighted by atomic mass is 32.2. The van der Waals surface area contributed by atoms with E-state index in [1.165, 1.54) is 11.1 Å². The molecule has 0 atom stereocenters. The summed E-state index contributed by atoms with van der Waals surface area (Å²) in [6.45, 7) is 5.74. The number of hydrogen-bond donors (Lipinski definition) is 1. The zero-order valence-corrected chi connectivity index (χ0v) is 12.8. The van der Waals surface area contributed by atoms with Gasteiger partial charge in [0.05, 0.1) is 0 Å². The zero-order valence-electron chi connectivity index (χ0n) is 11.9. The standard InChI is InChI=1S/C17H20FNS/c1-3-19-11-15-8-16(18)10-17(9-15)20-12-14-6-4-5-13(2)7-14/h4-10,19H,3,11-12H2,1-2H3. The van der Waals surface area contributed by atoms with Crippen LogP contribution in [0.3, 0.4) is 0 Å². The van der Waals surface area contributed by atoms with Crippen molar-refractivity contribution in [3.8, 4) is 0 Å².